The van der Waals surface area contributed by atoms with Gasteiger partial charge in [-0.1, -0.05) is 30.0 Å². The van der Waals surface area contributed by atoms with E-state index >= 15 is 0 Å². The number of nitrogens with one attached hydrogen (secondary N) is 1. The lowest BCUT2D eigenvalue weighted by Crippen LogP contribution is -2.68. The van der Waals surface area contributed by atoms with Crippen LogP contribution in [0.5, 0.6) is 0 Å². The van der Waals surface area contributed by atoms with Crippen LogP contribution in [0.2, 0.25) is 0 Å². The number of halogens is 1. The van der Waals surface area contributed by atoms with Crippen LogP contribution in [0.15, 0.2) is 82.8 Å². The molecule has 8 heteroatoms. The molecule has 3 aromatic rings. The lowest BCUT2D eigenvalue weighted by Gasteiger charge is -2.20. The minimum atomic E-state index is -4.94. The average molecular weight is 377 g/mol. The molecule has 1 aliphatic heterocycles. The van der Waals surface area contributed by atoms with E-state index in [9.17, 15) is 0 Å². The van der Waals surface area contributed by atoms with E-state index in [2.05, 4.69) is 64.7 Å². The Morgan fingerprint density at radius 2 is 1.40 bits per heavy atom. The molecule has 25 heavy (non-hydrogen) atoms. The van der Waals surface area contributed by atoms with Crippen LogP contribution in [0.25, 0.3) is 5.69 Å². The summed E-state index contributed by atoms with van der Waals surface area (Å²) in [6, 6.07) is 21.0. The Labute approximate surface area is 150 Å². The van der Waals surface area contributed by atoms with Crippen molar-refractivity contribution in [2.24, 2.45) is 0 Å². The van der Waals surface area contributed by atoms with Crippen LogP contribution in [0.3, 0.4) is 0 Å². The smallest absolute Gasteiger partial charge is 0.211 e. The number of hydrogen-bond acceptors (Lipinski definition) is 6. The van der Waals surface area contributed by atoms with Gasteiger partial charge >= 0.3 is 0 Å². The van der Waals surface area contributed by atoms with Crippen LogP contribution in [-0.2, 0) is 0 Å². The van der Waals surface area contributed by atoms with Crippen molar-refractivity contribution in [3.8, 4) is 5.69 Å². The third-order valence-electron chi connectivity index (χ3n) is 3.36. The van der Waals surface area contributed by atoms with E-state index in [4.69, 9.17) is 18.6 Å². The molecule has 128 valence electrons. The quantitative estimate of drug-likeness (QED) is 0.445. The predicted octanol–water partition coefficient (Wildman–Crippen LogP) is -0.584. The number of fused-ring (bicyclic) bond motifs is 2. The molecular formula is C17H13ClN2O4S. The third-order valence-corrected chi connectivity index (χ3v) is 4.49. The van der Waals surface area contributed by atoms with Crippen molar-refractivity contribution in [1.29, 1.82) is 0 Å². The molecular weight excluding hydrogens is 364 g/mol. The molecule has 4 rings (SSSR count). The molecule has 2 heterocycles. The Balaban J connectivity index is 0.000000324. The average Bonchev–Trinajstić information content (AvgIpc) is 2.59. The first kappa shape index (κ1) is 17.7. The number of benzene rings is 2. The van der Waals surface area contributed by atoms with Crippen molar-refractivity contribution >= 4 is 23.1 Å². The largest absolute Gasteiger partial charge is 0.354 e. The molecule has 1 N–H and O–H groups in total. The summed E-state index contributed by atoms with van der Waals surface area (Å²) in [5.74, 6) is 0. The number of anilines is 2. The molecule has 1 aromatic heterocycles. The number of pyridine rings is 1. The van der Waals surface area contributed by atoms with Crippen LogP contribution in [0.1, 0.15) is 0 Å². The highest BCUT2D eigenvalue weighted by molar-refractivity contribution is 7.99. The number of rotatable bonds is 1. The van der Waals surface area contributed by atoms with Crippen molar-refractivity contribution < 1.29 is 33.4 Å². The standard InChI is InChI=1S/C17H13N2S.ClHO4/c1-4-10-19(11-5-1)13-8-9-15-17(12-13)20-16-7-3-2-6-14(16)18-15;2-1(3,4)5/h1-12,18H;(H,2,3,4,5)/q+1;/p-1. The zero-order valence-electron chi connectivity index (χ0n) is 12.8. The van der Waals surface area contributed by atoms with Gasteiger partial charge in [-0.2, -0.15) is 4.57 Å². The molecule has 6 nitrogen and oxygen atoms in total. The maximum atomic E-state index is 8.49. The Morgan fingerprint density at radius 1 is 0.760 bits per heavy atom. The minimum absolute atomic E-state index is 1.17. The Kier molecular flexibility index (Phi) is 5.24. The monoisotopic (exact) mass is 376 g/mol. The molecule has 0 spiro atoms. The second kappa shape index (κ2) is 7.40. The summed E-state index contributed by atoms with van der Waals surface area (Å²) in [6.07, 6.45) is 4.13. The summed E-state index contributed by atoms with van der Waals surface area (Å²) >= 11 is 1.82. The first-order valence-electron chi connectivity index (χ1n) is 7.16. The second-order valence-corrected chi connectivity index (χ2v) is 6.90. The second-order valence-electron chi connectivity index (χ2n) is 5.06. The number of nitrogens with zero attached hydrogens (tertiary/aromatic N) is 1. The van der Waals surface area contributed by atoms with Crippen molar-refractivity contribution in [2.45, 2.75) is 9.79 Å². The van der Waals surface area contributed by atoms with Crippen LogP contribution in [-0.4, -0.2) is 0 Å². The Hall–Kier alpha value is -2.13. The van der Waals surface area contributed by atoms with E-state index < -0.39 is 10.2 Å². The van der Waals surface area contributed by atoms with Gasteiger partial charge in [0, 0.05) is 34.1 Å². The summed E-state index contributed by atoms with van der Waals surface area (Å²) in [6.45, 7) is 0. The normalized spacial score (nSPS) is 12.2. The molecule has 0 aliphatic carbocycles. The van der Waals surface area contributed by atoms with Crippen LogP contribution < -0.4 is 28.5 Å². The zero-order chi connectivity index (χ0) is 17.9. The summed E-state index contributed by atoms with van der Waals surface area (Å²) in [4.78, 5) is 2.53. The molecule has 2 aromatic carbocycles. The van der Waals surface area contributed by atoms with Crippen LogP contribution >= 0.6 is 11.8 Å². The van der Waals surface area contributed by atoms with Crippen LogP contribution in [0.4, 0.5) is 11.4 Å². The molecule has 0 saturated heterocycles. The minimum Gasteiger partial charge on any atom is -0.354 e. The van der Waals surface area contributed by atoms with E-state index in [-0.39, 0.29) is 0 Å². The summed E-state index contributed by atoms with van der Waals surface area (Å²) in [7, 11) is -4.94. The van der Waals surface area contributed by atoms with E-state index in [1.54, 1.807) is 0 Å². The molecule has 0 bridgehead atoms. The molecule has 0 amide bonds. The summed E-state index contributed by atoms with van der Waals surface area (Å²) in [5.41, 5.74) is 3.54. The number of aromatic nitrogens is 1. The Bertz CT molecular complexity index is 866. The fraction of sp³-hybridized carbons (Fsp3) is 0. The maximum Gasteiger partial charge on any atom is 0.211 e. The molecule has 0 atom stereocenters. The van der Waals surface area contributed by atoms with Gasteiger partial charge in [0.05, 0.1) is 11.4 Å². The van der Waals surface area contributed by atoms with Gasteiger partial charge in [-0.05, 0) is 18.2 Å². The van der Waals surface area contributed by atoms with Crippen molar-refractivity contribution in [3.63, 3.8) is 0 Å². The highest BCUT2D eigenvalue weighted by atomic mass is 35.7. The Morgan fingerprint density at radius 3 is 2.12 bits per heavy atom. The fourth-order valence-electron chi connectivity index (χ4n) is 2.35. The van der Waals surface area contributed by atoms with E-state index in [1.165, 1.54) is 26.9 Å². The third kappa shape index (κ3) is 4.93. The van der Waals surface area contributed by atoms with Crippen LogP contribution in [0, 0.1) is 10.2 Å². The van der Waals surface area contributed by atoms with Crippen molar-refractivity contribution in [2.75, 3.05) is 5.32 Å². The van der Waals surface area contributed by atoms with Gasteiger partial charge in [0.2, 0.25) is 5.69 Å². The lowest BCUT2D eigenvalue weighted by atomic mass is 10.2. The molecule has 0 saturated carbocycles. The predicted molar refractivity (Wildman–Crippen MR) is 81.8 cm³/mol. The molecule has 0 fully saturated rings. The van der Waals surface area contributed by atoms with E-state index in [0.717, 1.165) is 0 Å². The van der Waals surface area contributed by atoms with Gasteiger partial charge in [-0.3, -0.25) is 0 Å². The first-order valence-corrected chi connectivity index (χ1v) is 9.22. The van der Waals surface area contributed by atoms with Gasteiger partial charge in [0.15, 0.2) is 12.4 Å². The van der Waals surface area contributed by atoms with Gasteiger partial charge in [-0.15, -0.1) is 10.2 Å². The highest BCUT2D eigenvalue weighted by Crippen LogP contribution is 2.44. The van der Waals surface area contributed by atoms with Gasteiger partial charge in [0.25, 0.3) is 0 Å². The molecule has 0 unspecified atom stereocenters. The number of para-hydroxylation sites is 1. The van der Waals surface area contributed by atoms with Gasteiger partial charge in [0.1, 0.15) is 0 Å². The number of hydrogen-bond donors (Lipinski definition) is 1. The SMILES string of the molecule is [O-][Cl+3]([O-])([O-])[O-].c1cc[n+](-c2ccc3c(c2)Sc2ccccc2N3)cc1. The summed E-state index contributed by atoms with van der Waals surface area (Å²) in [5, 5.41) is 3.49. The van der Waals surface area contributed by atoms with E-state index in [1.807, 2.05) is 30.0 Å². The van der Waals surface area contributed by atoms with E-state index in [0.29, 0.717) is 0 Å². The van der Waals surface area contributed by atoms with Crippen molar-refractivity contribution in [1.82, 2.24) is 0 Å². The zero-order valence-corrected chi connectivity index (χ0v) is 14.4. The topological polar surface area (TPSA) is 108 Å². The summed E-state index contributed by atoms with van der Waals surface area (Å²) < 4.78 is 36.1. The van der Waals surface area contributed by atoms with Gasteiger partial charge < -0.3 is 5.32 Å². The molecule has 0 radical (unpaired) electrons. The first-order chi connectivity index (χ1) is 11.9. The molecule has 1 aliphatic rings. The lowest BCUT2D eigenvalue weighted by molar-refractivity contribution is -2.00. The maximum absolute atomic E-state index is 8.49. The highest BCUT2D eigenvalue weighted by Gasteiger charge is 2.17. The fourth-order valence-corrected chi connectivity index (χ4v) is 3.37. The van der Waals surface area contributed by atoms with Crippen molar-refractivity contribution in [3.05, 3.63) is 73.1 Å². The van der Waals surface area contributed by atoms with Gasteiger partial charge in [-0.25, -0.2) is 18.6 Å².